The number of para-hydroxylation sites is 1. The second-order valence-corrected chi connectivity index (χ2v) is 8.32. The standard InChI is InChI=1S/C24H22N2O4S/c1-16-6-3-4-8-21(16)26-23(28)19-10-9-17(14-20(19)24(26)29)22(27)25(11-12-30-2)15-18-7-5-13-31-18/h3-10,13-14H,11-12,15H2,1-2H3. The molecule has 3 aromatic rings. The van der Waals surface area contributed by atoms with Gasteiger partial charge in [0.2, 0.25) is 0 Å². The second-order valence-electron chi connectivity index (χ2n) is 7.29. The van der Waals surface area contributed by atoms with Crippen LogP contribution < -0.4 is 4.90 Å². The summed E-state index contributed by atoms with van der Waals surface area (Å²) in [4.78, 5) is 43.2. The normalized spacial score (nSPS) is 12.9. The molecule has 0 unspecified atom stereocenters. The van der Waals surface area contributed by atoms with Crippen molar-refractivity contribution in [3.8, 4) is 0 Å². The van der Waals surface area contributed by atoms with Crippen molar-refractivity contribution in [2.24, 2.45) is 0 Å². The van der Waals surface area contributed by atoms with Crippen LogP contribution in [0.4, 0.5) is 5.69 Å². The van der Waals surface area contributed by atoms with Crippen molar-refractivity contribution >= 4 is 34.7 Å². The quantitative estimate of drug-likeness (QED) is 0.524. The van der Waals surface area contributed by atoms with Crippen molar-refractivity contribution in [2.75, 3.05) is 25.2 Å². The molecule has 0 saturated carbocycles. The van der Waals surface area contributed by atoms with Gasteiger partial charge in [-0.2, -0.15) is 0 Å². The smallest absolute Gasteiger partial charge is 0.266 e. The Bertz CT molecular complexity index is 1140. The number of hydrogen-bond acceptors (Lipinski definition) is 5. The van der Waals surface area contributed by atoms with Crippen molar-refractivity contribution in [1.82, 2.24) is 4.90 Å². The lowest BCUT2D eigenvalue weighted by atomic mass is 10.0. The highest BCUT2D eigenvalue weighted by Crippen LogP contribution is 2.31. The molecule has 7 heteroatoms. The van der Waals surface area contributed by atoms with Gasteiger partial charge in [-0.25, -0.2) is 4.90 Å². The fourth-order valence-electron chi connectivity index (χ4n) is 3.63. The number of amides is 3. The van der Waals surface area contributed by atoms with Crippen molar-refractivity contribution in [3.63, 3.8) is 0 Å². The summed E-state index contributed by atoms with van der Waals surface area (Å²) < 4.78 is 5.16. The molecule has 1 aliphatic heterocycles. The monoisotopic (exact) mass is 434 g/mol. The van der Waals surface area contributed by atoms with Gasteiger partial charge in [0, 0.05) is 24.1 Å². The number of hydrogen-bond donors (Lipinski definition) is 0. The molecule has 31 heavy (non-hydrogen) atoms. The van der Waals surface area contributed by atoms with Crippen molar-refractivity contribution in [1.29, 1.82) is 0 Å². The van der Waals surface area contributed by atoms with Gasteiger partial charge in [0.15, 0.2) is 0 Å². The fraction of sp³-hybridized carbons (Fsp3) is 0.208. The number of carbonyl (C=O) groups excluding carboxylic acids is 3. The third kappa shape index (κ3) is 4.02. The molecule has 0 bridgehead atoms. The van der Waals surface area contributed by atoms with Crippen LogP contribution in [0.25, 0.3) is 0 Å². The van der Waals surface area contributed by atoms with Gasteiger partial charge in [-0.3, -0.25) is 14.4 Å². The van der Waals surface area contributed by atoms with Gasteiger partial charge in [-0.1, -0.05) is 24.3 Å². The first-order valence-corrected chi connectivity index (χ1v) is 10.8. The van der Waals surface area contributed by atoms with Gasteiger partial charge in [-0.05, 0) is 48.2 Å². The van der Waals surface area contributed by atoms with E-state index in [0.717, 1.165) is 10.4 Å². The minimum absolute atomic E-state index is 0.206. The third-order valence-electron chi connectivity index (χ3n) is 5.27. The molecule has 3 amide bonds. The zero-order chi connectivity index (χ0) is 22.0. The summed E-state index contributed by atoms with van der Waals surface area (Å²) >= 11 is 1.58. The van der Waals surface area contributed by atoms with E-state index in [1.54, 1.807) is 47.6 Å². The van der Waals surface area contributed by atoms with Gasteiger partial charge in [-0.15, -0.1) is 11.3 Å². The Balaban J connectivity index is 1.64. The van der Waals surface area contributed by atoms with Crippen LogP contribution in [0.3, 0.4) is 0 Å². The molecular formula is C24H22N2O4S. The molecule has 0 spiro atoms. The molecule has 0 atom stereocenters. The van der Waals surface area contributed by atoms with E-state index in [2.05, 4.69) is 0 Å². The maximum atomic E-state index is 13.2. The average molecular weight is 435 g/mol. The Morgan fingerprint density at radius 3 is 2.52 bits per heavy atom. The van der Waals surface area contributed by atoms with Crippen molar-refractivity contribution < 1.29 is 19.1 Å². The Hall–Kier alpha value is -3.29. The summed E-state index contributed by atoms with van der Waals surface area (Å²) in [5.74, 6) is -0.989. The van der Waals surface area contributed by atoms with E-state index in [9.17, 15) is 14.4 Å². The van der Waals surface area contributed by atoms with Crippen LogP contribution in [-0.4, -0.2) is 42.9 Å². The molecule has 4 rings (SSSR count). The highest BCUT2D eigenvalue weighted by molar-refractivity contribution is 7.09. The first-order chi connectivity index (χ1) is 15.0. The number of ether oxygens (including phenoxy) is 1. The van der Waals surface area contributed by atoms with Crippen LogP contribution in [0.15, 0.2) is 60.0 Å². The first kappa shape index (κ1) is 21.0. The zero-order valence-corrected chi connectivity index (χ0v) is 18.1. The number of rotatable bonds is 7. The van der Waals surface area contributed by atoms with Gasteiger partial charge in [0.25, 0.3) is 17.7 Å². The lowest BCUT2D eigenvalue weighted by Crippen LogP contribution is -2.33. The first-order valence-electron chi connectivity index (χ1n) is 9.90. The highest BCUT2D eigenvalue weighted by atomic mass is 32.1. The van der Waals surface area contributed by atoms with E-state index in [1.807, 2.05) is 36.6 Å². The molecule has 0 saturated heterocycles. The lowest BCUT2D eigenvalue weighted by molar-refractivity contribution is 0.0682. The Morgan fingerprint density at radius 2 is 1.81 bits per heavy atom. The number of benzene rings is 2. The van der Waals surface area contributed by atoms with E-state index in [1.165, 1.54) is 11.0 Å². The molecule has 6 nitrogen and oxygen atoms in total. The summed E-state index contributed by atoms with van der Waals surface area (Å²) in [7, 11) is 1.59. The van der Waals surface area contributed by atoms with Gasteiger partial charge >= 0.3 is 0 Å². The molecule has 1 aliphatic rings. The number of nitrogens with zero attached hydrogens (tertiary/aromatic N) is 2. The van der Waals surface area contributed by atoms with Crippen LogP contribution in [-0.2, 0) is 11.3 Å². The molecule has 2 aromatic carbocycles. The number of imide groups is 1. The molecule has 2 heterocycles. The summed E-state index contributed by atoms with van der Waals surface area (Å²) in [6.07, 6.45) is 0. The highest BCUT2D eigenvalue weighted by Gasteiger charge is 2.38. The molecule has 0 aliphatic carbocycles. The number of carbonyl (C=O) groups is 3. The summed E-state index contributed by atoms with van der Waals surface area (Å²) in [5.41, 5.74) is 2.32. The maximum absolute atomic E-state index is 13.2. The number of methoxy groups -OCH3 is 1. The van der Waals surface area contributed by atoms with E-state index in [-0.39, 0.29) is 17.4 Å². The second kappa shape index (κ2) is 8.83. The molecule has 0 N–H and O–H groups in total. The topological polar surface area (TPSA) is 66.9 Å². The SMILES string of the molecule is COCCN(Cc1cccs1)C(=O)c1ccc2c(c1)C(=O)N(c1ccccc1C)C2=O. The largest absolute Gasteiger partial charge is 0.383 e. The average Bonchev–Trinajstić information content (AvgIpc) is 3.38. The Kier molecular flexibility index (Phi) is 5.97. The summed E-state index contributed by atoms with van der Waals surface area (Å²) in [6.45, 7) is 3.14. The van der Waals surface area contributed by atoms with Gasteiger partial charge in [0.05, 0.1) is 30.0 Å². The number of thiophene rings is 1. The molecule has 0 fully saturated rings. The predicted molar refractivity (Wildman–Crippen MR) is 120 cm³/mol. The van der Waals surface area contributed by atoms with E-state index >= 15 is 0 Å². The van der Waals surface area contributed by atoms with Crippen LogP contribution in [0.5, 0.6) is 0 Å². The molecule has 158 valence electrons. The van der Waals surface area contributed by atoms with Crippen LogP contribution in [0.2, 0.25) is 0 Å². The van der Waals surface area contributed by atoms with Crippen LogP contribution in [0.1, 0.15) is 41.5 Å². The zero-order valence-electron chi connectivity index (χ0n) is 17.3. The van der Waals surface area contributed by atoms with Crippen LogP contribution >= 0.6 is 11.3 Å². The molecule has 1 aromatic heterocycles. The van der Waals surface area contributed by atoms with Crippen molar-refractivity contribution in [2.45, 2.75) is 13.5 Å². The minimum atomic E-state index is -0.411. The summed E-state index contributed by atoms with van der Waals surface area (Å²) in [6, 6.07) is 15.9. The third-order valence-corrected chi connectivity index (χ3v) is 6.13. The van der Waals surface area contributed by atoms with E-state index in [0.29, 0.717) is 36.5 Å². The molecule has 0 radical (unpaired) electrons. The number of anilines is 1. The summed E-state index contributed by atoms with van der Waals surface area (Å²) in [5, 5.41) is 1.97. The van der Waals surface area contributed by atoms with Gasteiger partial charge in [0.1, 0.15) is 0 Å². The van der Waals surface area contributed by atoms with E-state index in [4.69, 9.17) is 4.74 Å². The lowest BCUT2D eigenvalue weighted by Gasteiger charge is -2.22. The molecular weight excluding hydrogens is 412 g/mol. The van der Waals surface area contributed by atoms with Crippen molar-refractivity contribution in [3.05, 3.63) is 87.1 Å². The number of fused-ring (bicyclic) bond motifs is 1. The van der Waals surface area contributed by atoms with Gasteiger partial charge < -0.3 is 9.64 Å². The minimum Gasteiger partial charge on any atom is -0.383 e. The van der Waals surface area contributed by atoms with Crippen LogP contribution in [0, 0.1) is 6.92 Å². The number of aryl methyl sites for hydroxylation is 1. The Morgan fingerprint density at radius 1 is 1.03 bits per heavy atom. The Labute approximate surface area is 184 Å². The van der Waals surface area contributed by atoms with E-state index < -0.39 is 5.91 Å². The fourth-order valence-corrected chi connectivity index (χ4v) is 4.35. The maximum Gasteiger partial charge on any atom is 0.266 e. The predicted octanol–water partition coefficient (Wildman–Crippen LogP) is 4.15.